The van der Waals surface area contributed by atoms with Crippen molar-refractivity contribution in [2.45, 2.75) is 24.8 Å². The molecule has 4 heteroatoms. The van der Waals surface area contributed by atoms with E-state index < -0.39 is 0 Å². The summed E-state index contributed by atoms with van der Waals surface area (Å²) in [4.78, 5) is 0. The maximum atomic E-state index is 6.41. The molecule has 1 aliphatic rings. The fourth-order valence-electron chi connectivity index (χ4n) is 2.19. The van der Waals surface area contributed by atoms with Gasteiger partial charge in [-0.25, -0.2) is 0 Å². The van der Waals surface area contributed by atoms with Crippen molar-refractivity contribution >= 4 is 11.6 Å². The standard InChI is InChI=1S/C13H13ClN2O/c1-8-4-10-5-9(2-3-12(10)17-8)13(14)11-6-15-16-7-11/h2-3,5-8,13H,4H2,1H3,(H,15,16). The number of hydrogen-bond acceptors (Lipinski definition) is 2. The smallest absolute Gasteiger partial charge is 0.123 e. The number of benzene rings is 1. The lowest BCUT2D eigenvalue weighted by molar-refractivity contribution is 0.254. The molecule has 2 heterocycles. The lowest BCUT2D eigenvalue weighted by atomic mass is 10.0. The van der Waals surface area contributed by atoms with Crippen molar-refractivity contribution in [1.29, 1.82) is 0 Å². The van der Waals surface area contributed by atoms with E-state index in [9.17, 15) is 0 Å². The third-order valence-corrected chi connectivity index (χ3v) is 3.53. The normalized spacial score (nSPS) is 19.8. The van der Waals surface area contributed by atoms with Crippen molar-refractivity contribution < 1.29 is 4.74 Å². The van der Waals surface area contributed by atoms with E-state index in [4.69, 9.17) is 16.3 Å². The lowest BCUT2D eigenvalue weighted by Gasteiger charge is -2.09. The average Bonchev–Trinajstić information content (AvgIpc) is 2.94. The minimum absolute atomic E-state index is 0.157. The Hall–Kier alpha value is -1.48. The van der Waals surface area contributed by atoms with Crippen LogP contribution in [0.1, 0.15) is 29.0 Å². The Morgan fingerprint density at radius 2 is 2.35 bits per heavy atom. The van der Waals surface area contributed by atoms with E-state index in [0.29, 0.717) is 0 Å². The Morgan fingerprint density at radius 3 is 3.12 bits per heavy atom. The molecule has 0 radical (unpaired) electrons. The number of nitrogens with one attached hydrogen (secondary N) is 1. The highest BCUT2D eigenvalue weighted by atomic mass is 35.5. The number of fused-ring (bicyclic) bond motifs is 1. The van der Waals surface area contributed by atoms with Crippen LogP contribution in [0.2, 0.25) is 0 Å². The van der Waals surface area contributed by atoms with Gasteiger partial charge in [0.25, 0.3) is 0 Å². The van der Waals surface area contributed by atoms with Gasteiger partial charge in [-0.1, -0.05) is 12.1 Å². The van der Waals surface area contributed by atoms with Crippen molar-refractivity contribution in [2.75, 3.05) is 0 Å². The predicted octanol–water partition coefficient (Wildman–Crippen LogP) is 3.06. The van der Waals surface area contributed by atoms with Gasteiger partial charge in [0, 0.05) is 18.2 Å². The first-order chi connectivity index (χ1) is 8.24. The molecule has 1 N–H and O–H groups in total. The molecule has 0 amide bonds. The predicted molar refractivity (Wildman–Crippen MR) is 66.5 cm³/mol. The summed E-state index contributed by atoms with van der Waals surface area (Å²) in [5, 5.41) is 6.54. The van der Waals surface area contributed by atoms with E-state index >= 15 is 0 Å². The Bertz CT molecular complexity index is 524. The summed E-state index contributed by atoms with van der Waals surface area (Å²) in [5.74, 6) is 0.984. The summed E-state index contributed by atoms with van der Waals surface area (Å²) in [5.41, 5.74) is 3.31. The van der Waals surface area contributed by atoms with Gasteiger partial charge in [-0.3, -0.25) is 5.10 Å². The van der Waals surface area contributed by atoms with Crippen LogP contribution in [0.3, 0.4) is 0 Å². The molecule has 17 heavy (non-hydrogen) atoms. The molecular formula is C13H13ClN2O. The number of halogens is 1. The molecule has 3 rings (SSSR count). The number of ether oxygens (including phenoxy) is 1. The summed E-state index contributed by atoms with van der Waals surface area (Å²) in [6.45, 7) is 2.08. The maximum absolute atomic E-state index is 6.41. The van der Waals surface area contributed by atoms with Crippen LogP contribution < -0.4 is 4.74 Å². The van der Waals surface area contributed by atoms with E-state index in [1.165, 1.54) is 5.56 Å². The quantitative estimate of drug-likeness (QED) is 0.830. The molecule has 1 aliphatic heterocycles. The van der Waals surface area contributed by atoms with Gasteiger partial charge in [-0.05, 0) is 24.1 Å². The summed E-state index contributed by atoms with van der Waals surface area (Å²) in [6.07, 6.45) is 4.80. The molecule has 1 aromatic heterocycles. The van der Waals surface area contributed by atoms with Crippen LogP contribution in [0.5, 0.6) is 5.75 Å². The zero-order chi connectivity index (χ0) is 11.8. The van der Waals surface area contributed by atoms with Crippen molar-refractivity contribution in [3.63, 3.8) is 0 Å². The van der Waals surface area contributed by atoms with Crippen LogP contribution in [0, 0.1) is 0 Å². The van der Waals surface area contributed by atoms with E-state index in [1.807, 2.05) is 18.3 Å². The monoisotopic (exact) mass is 248 g/mol. The van der Waals surface area contributed by atoms with Crippen molar-refractivity contribution in [1.82, 2.24) is 10.2 Å². The molecule has 2 unspecified atom stereocenters. The van der Waals surface area contributed by atoms with E-state index in [1.54, 1.807) is 6.20 Å². The lowest BCUT2D eigenvalue weighted by Crippen LogP contribution is -2.05. The van der Waals surface area contributed by atoms with Crippen LogP contribution in [0.15, 0.2) is 30.6 Å². The van der Waals surface area contributed by atoms with E-state index in [-0.39, 0.29) is 11.5 Å². The van der Waals surface area contributed by atoms with Crippen LogP contribution in [0.25, 0.3) is 0 Å². The number of nitrogens with zero attached hydrogens (tertiary/aromatic N) is 1. The third kappa shape index (κ3) is 1.91. The zero-order valence-electron chi connectivity index (χ0n) is 9.48. The fraction of sp³-hybridized carbons (Fsp3) is 0.308. The minimum atomic E-state index is -0.157. The maximum Gasteiger partial charge on any atom is 0.123 e. The zero-order valence-corrected chi connectivity index (χ0v) is 10.2. The van der Waals surface area contributed by atoms with E-state index in [0.717, 1.165) is 23.3 Å². The van der Waals surface area contributed by atoms with Gasteiger partial charge in [0.2, 0.25) is 0 Å². The van der Waals surface area contributed by atoms with Gasteiger partial charge < -0.3 is 4.74 Å². The first-order valence-corrected chi connectivity index (χ1v) is 6.10. The minimum Gasteiger partial charge on any atom is -0.490 e. The number of rotatable bonds is 2. The average molecular weight is 249 g/mol. The van der Waals surface area contributed by atoms with Gasteiger partial charge in [0.15, 0.2) is 0 Å². The molecule has 0 saturated carbocycles. The van der Waals surface area contributed by atoms with Crippen molar-refractivity contribution in [3.8, 4) is 5.75 Å². The number of aromatic nitrogens is 2. The Morgan fingerprint density at radius 1 is 1.47 bits per heavy atom. The van der Waals surface area contributed by atoms with Crippen LogP contribution >= 0.6 is 11.6 Å². The summed E-state index contributed by atoms with van der Waals surface area (Å²) >= 11 is 6.41. The van der Waals surface area contributed by atoms with Gasteiger partial charge in [-0.2, -0.15) is 5.10 Å². The molecule has 0 saturated heterocycles. The first kappa shape index (κ1) is 10.7. The molecule has 0 fully saturated rings. The highest BCUT2D eigenvalue weighted by Crippen LogP contribution is 2.34. The second kappa shape index (κ2) is 4.08. The molecular weight excluding hydrogens is 236 g/mol. The van der Waals surface area contributed by atoms with Gasteiger partial charge >= 0.3 is 0 Å². The van der Waals surface area contributed by atoms with Crippen molar-refractivity contribution in [3.05, 3.63) is 47.3 Å². The van der Waals surface area contributed by atoms with Gasteiger partial charge in [0.05, 0.1) is 11.6 Å². The Kier molecular flexibility index (Phi) is 2.56. The fourth-order valence-corrected chi connectivity index (χ4v) is 2.45. The summed E-state index contributed by atoms with van der Waals surface area (Å²) < 4.78 is 5.67. The molecule has 2 aromatic rings. The topological polar surface area (TPSA) is 37.9 Å². The van der Waals surface area contributed by atoms with E-state index in [2.05, 4.69) is 23.2 Å². The highest BCUT2D eigenvalue weighted by molar-refractivity contribution is 6.22. The van der Waals surface area contributed by atoms with Gasteiger partial charge in [0.1, 0.15) is 11.9 Å². The first-order valence-electron chi connectivity index (χ1n) is 5.66. The highest BCUT2D eigenvalue weighted by Gasteiger charge is 2.21. The Labute approximate surface area is 105 Å². The van der Waals surface area contributed by atoms with Crippen molar-refractivity contribution in [2.24, 2.45) is 0 Å². The van der Waals surface area contributed by atoms with Crippen LogP contribution in [-0.4, -0.2) is 16.3 Å². The number of alkyl halides is 1. The molecule has 1 aromatic carbocycles. The molecule has 0 bridgehead atoms. The molecule has 88 valence electrons. The molecule has 2 atom stereocenters. The summed E-state index contributed by atoms with van der Waals surface area (Å²) in [6, 6.07) is 6.15. The van der Waals surface area contributed by atoms with Gasteiger partial charge in [-0.15, -0.1) is 11.6 Å². The largest absolute Gasteiger partial charge is 0.490 e. The molecule has 0 spiro atoms. The SMILES string of the molecule is CC1Cc2cc(C(Cl)c3cn[nH]c3)ccc2O1. The third-order valence-electron chi connectivity index (χ3n) is 3.02. The molecule has 0 aliphatic carbocycles. The number of H-pyrrole nitrogens is 1. The second-order valence-corrected chi connectivity index (χ2v) is 4.83. The number of aromatic amines is 1. The van der Waals surface area contributed by atoms with Crippen LogP contribution in [-0.2, 0) is 6.42 Å². The van der Waals surface area contributed by atoms with Crippen LogP contribution in [0.4, 0.5) is 0 Å². The number of hydrogen-bond donors (Lipinski definition) is 1. The Balaban J connectivity index is 1.93. The molecule has 3 nitrogen and oxygen atoms in total. The second-order valence-electron chi connectivity index (χ2n) is 4.39. The summed E-state index contributed by atoms with van der Waals surface area (Å²) in [7, 11) is 0.